The van der Waals surface area contributed by atoms with Gasteiger partial charge in [0.05, 0.1) is 12.8 Å². The van der Waals surface area contributed by atoms with Crippen LogP contribution in [0.4, 0.5) is 10.1 Å². The number of carbonyl (C=O) groups is 1. The molecule has 0 heterocycles. The highest BCUT2D eigenvalue weighted by Crippen LogP contribution is 2.22. The highest BCUT2D eigenvalue weighted by Gasteiger charge is 2.02. The van der Waals surface area contributed by atoms with Crippen LogP contribution in [0.25, 0.3) is 10.8 Å². The molecule has 3 rings (SSSR count). The number of benzene rings is 3. The molecule has 0 spiro atoms. The zero-order chi connectivity index (χ0) is 16.8. The summed E-state index contributed by atoms with van der Waals surface area (Å²) in [6.45, 7) is 0.106. The Balaban J connectivity index is 1.56. The Morgan fingerprint density at radius 1 is 1.00 bits per heavy atom. The molecular weight excluding hydrogens is 305 g/mol. The summed E-state index contributed by atoms with van der Waals surface area (Å²) >= 11 is 0. The van der Waals surface area contributed by atoms with E-state index in [2.05, 4.69) is 15.8 Å². The fourth-order valence-corrected chi connectivity index (χ4v) is 2.32. The quantitative estimate of drug-likeness (QED) is 0.558. The highest BCUT2D eigenvalue weighted by molar-refractivity contribution is 5.95. The van der Waals surface area contributed by atoms with E-state index in [1.807, 2.05) is 42.5 Å². The second-order valence-electron chi connectivity index (χ2n) is 5.22. The summed E-state index contributed by atoms with van der Waals surface area (Å²) in [4.78, 5) is 11.8. The molecule has 0 unspecified atom stereocenters. The number of nitrogens with zero attached hydrogens (tertiary/aromatic N) is 1. The van der Waals surface area contributed by atoms with Gasteiger partial charge in [-0.05, 0) is 29.1 Å². The molecule has 0 saturated carbocycles. The molecule has 0 fully saturated rings. The van der Waals surface area contributed by atoms with Crippen LogP contribution in [0.15, 0.2) is 71.8 Å². The van der Waals surface area contributed by atoms with Gasteiger partial charge in [-0.15, -0.1) is 0 Å². The molecular formula is C19H16FN3O. The lowest BCUT2D eigenvalue weighted by atomic mass is 10.1. The molecule has 0 aromatic heterocycles. The fraction of sp³-hybridized carbons (Fsp3) is 0.0526. The van der Waals surface area contributed by atoms with Crippen molar-refractivity contribution < 1.29 is 9.18 Å². The Morgan fingerprint density at radius 3 is 2.58 bits per heavy atom. The number of nitrogens with one attached hydrogen (secondary N) is 2. The standard InChI is InChI=1S/C19H16FN3O/c20-16-10-8-14(9-11-16)12-22-23-19(24)13-21-18-7-3-5-15-4-1-2-6-17(15)18/h1-12,21H,13H2,(H,23,24)/b22-12-. The first kappa shape index (κ1) is 15.7. The first-order chi connectivity index (χ1) is 11.7. The molecule has 0 aliphatic carbocycles. The van der Waals surface area contributed by atoms with Crippen LogP contribution in [0.5, 0.6) is 0 Å². The van der Waals surface area contributed by atoms with Gasteiger partial charge in [-0.1, -0.05) is 48.5 Å². The van der Waals surface area contributed by atoms with E-state index in [1.165, 1.54) is 18.3 Å². The van der Waals surface area contributed by atoms with Gasteiger partial charge in [-0.3, -0.25) is 4.79 Å². The maximum atomic E-state index is 12.8. The van der Waals surface area contributed by atoms with Gasteiger partial charge in [0.2, 0.25) is 0 Å². The molecule has 3 aromatic rings. The van der Waals surface area contributed by atoms with Crippen molar-refractivity contribution in [3.05, 3.63) is 78.1 Å². The van der Waals surface area contributed by atoms with Crippen molar-refractivity contribution >= 4 is 28.6 Å². The van der Waals surface area contributed by atoms with Crippen LogP contribution < -0.4 is 10.7 Å². The van der Waals surface area contributed by atoms with E-state index in [0.29, 0.717) is 5.56 Å². The molecule has 24 heavy (non-hydrogen) atoms. The van der Waals surface area contributed by atoms with Gasteiger partial charge >= 0.3 is 0 Å². The Kier molecular flexibility index (Phi) is 4.81. The summed E-state index contributed by atoms with van der Waals surface area (Å²) in [6.07, 6.45) is 1.47. The number of hydrogen-bond acceptors (Lipinski definition) is 3. The van der Waals surface area contributed by atoms with Crippen LogP contribution in [0.1, 0.15) is 5.56 Å². The number of anilines is 1. The van der Waals surface area contributed by atoms with Crippen molar-refractivity contribution in [2.75, 3.05) is 11.9 Å². The van der Waals surface area contributed by atoms with Gasteiger partial charge in [0.15, 0.2) is 0 Å². The molecule has 0 saturated heterocycles. The molecule has 0 aliphatic heterocycles. The lowest BCUT2D eigenvalue weighted by molar-refractivity contribution is -0.119. The number of hydrazone groups is 1. The SMILES string of the molecule is O=C(CNc1cccc2ccccc12)N/N=C\c1ccc(F)cc1. The minimum absolute atomic E-state index is 0.106. The van der Waals surface area contributed by atoms with Crippen LogP contribution in [0, 0.1) is 5.82 Å². The van der Waals surface area contributed by atoms with Gasteiger partial charge in [0, 0.05) is 11.1 Å². The van der Waals surface area contributed by atoms with Crippen LogP contribution in [-0.4, -0.2) is 18.7 Å². The number of carbonyl (C=O) groups excluding carboxylic acids is 1. The van der Waals surface area contributed by atoms with E-state index in [-0.39, 0.29) is 18.3 Å². The zero-order valence-corrected chi connectivity index (χ0v) is 12.9. The maximum absolute atomic E-state index is 12.8. The fourth-order valence-electron chi connectivity index (χ4n) is 2.32. The maximum Gasteiger partial charge on any atom is 0.259 e. The second-order valence-corrected chi connectivity index (χ2v) is 5.22. The zero-order valence-electron chi connectivity index (χ0n) is 12.9. The van der Waals surface area contributed by atoms with E-state index < -0.39 is 0 Å². The molecule has 2 N–H and O–H groups in total. The molecule has 0 bridgehead atoms. The third-order valence-corrected chi connectivity index (χ3v) is 3.50. The first-order valence-electron chi connectivity index (χ1n) is 7.51. The third kappa shape index (κ3) is 3.95. The van der Waals surface area contributed by atoms with E-state index in [1.54, 1.807) is 12.1 Å². The lowest BCUT2D eigenvalue weighted by Gasteiger charge is -2.08. The van der Waals surface area contributed by atoms with Crippen molar-refractivity contribution in [2.45, 2.75) is 0 Å². The number of hydrogen-bond donors (Lipinski definition) is 2. The van der Waals surface area contributed by atoms with Gasteiger partial charge in [-0.2, -0.15) is 5.10 Å². The molecule has 0 aliphatic rings. The average molecular weight is 321 g/mol. The van der Waals surface area contributed by atoms with Crippen molar-refractivity contribution in [3.8, 4) is 0 Å². The number of rotatable bonds is 5. The largest absolute Gasteiger partial charge is 0.376 e. The number of amides is 1. The van der Waals surface area contributed by atoms with Crippen LogP contribution in [0.2, 0.25) is 0 Å². The molecule has 1 amide bonds. The van der Waals surface area contributed by atoms with E-state index in [4.69, 9.17) is 0 Å². The smallest absolute Gasteiger partial charge is 0.259 e. The summed E-state index contributed by atoms with van der Waals surface area (Å²) in [6, 6.07) is 19.7. The minimum atomic E-state index is -0.310. The Morgan fingerprint density at radius 2 is 1.75 bits per heavy atom. The third-order valence-electron chi connectivity index (χ3n) is 3.50. The monoisotopic (exact) mass is 321 g/mol. The number of fused-ring (bicyclic) bond motifs is 1. The van der Waals surface area contributed by atoms with Crippen LogP contribution in [-0.2, 0) is 4.79 Å². The molecule has 0 atom stereocenters. The van der Waals surface area contributed by atoms with Gasteiger partial charge in [0.1, 0.15) is 5.82 Å². The summed E-state index contributed by atoms with van der Waals surface area (Å²) in [5, 5.41) is 9.13. The first-order valence-corrected chi connectivity index (χ1v) is 7.51. The average Bonchev–Trinajstić information content (AvgIpc) is 2.61. The van der Waals surface area contributed by atoms with Gasteiger partial charge in [0.25, 0.3) is 5.91 Å². The predicted octanol–water partition coefficient (Wildman–Crippen LogP) is 3.54. The van der Waals surface area contributed by atoms with Crippen molar-refractivity contribution in [2.24, 2.45) is 5.10 Å². The minimum Gasteiger partial charge on any atom is -0.376 e. The number of halogens is 1. The van der Waals surface area contributed by atoms with Crippen LogP contribution >= 0.6 is 0 Å². The Bertz CT molecular complexity index is 870. The second kappa shape index (κ2) is 7.37. The van der Waals surface area contributed by atoms with E-state index in [0.717, 1.165) is 16.5 Å². The summed E-state index contributed by atoms with van der Waals surface area (Å²) < 4.78 is 12.8. The highest BCUT2D eigenvalue weighted by atomic mass is 19.1. The summed E-state index contributed by atoms with van der Waals surface area (Å²) in [7, 11) is 0. The molecule has 0 radical (unpaired) electrons. The molecule has 120 valence electrons. The van der Waals surface area contributed by atoms with Crippen molar-refractivity contribution in [1.82, 2.24) is 5.43 Å². The van der Waals surface area contributed by atoms with E-state index in [9.17, 15) is 9.18 Å². The van der Waals surface area contributed by atoms with Crippen molar-refractivity contribution in [3.63, 3.8) is 0 Å². The molecule has 5 heteroatoms. The van der Waals surface area contributed by atoms with E-state index >= 15 is 0 Å². The van der Waals surface area contributed by atoms with Gasteiger partial charge in [-0.25, -0.2) is 9.82 Å². The lowest BCUT2D eigenvalue weighted by Crippen LogP contribution is -2.25. The summed E-state index contributed by atoms with van der Waals surface area (Å²) in [5.74, 6) is -0.572. The normalized spacial score (nSPS) is 10.9. The van der Waals surface area contributed by atoms with Crippen LogP contribution in [0.3, 0.4) is 0 Å². The Hall–Kier alpha value is -3.21. The summed E-state index contributed by atoms with van der Waals surface area (Å²) in [5.41, 5.74) is 4.04. The van der Waals surface area contributed by atoms with Crippen molar-refractivity contribution in [1.29, 1.82) is 0 Å². The molecule has 3 aromatic carbocycles. The predicted molar refractivity (Wildman–Crippen MR) is 94.6 cm³/mol. The molecule has 4 nitrogen and oxygen atoms in total. The Labute approximate surface area is 139 Å². The topological polar surface area (TPSA) is 53.5 Å². The van der Waals surface area contributed by atoms with Gasteiger partial charge < -0.3 is 5.32 Å².